The minimum absolute atomic E-state index is 0.138. The molecular formula is C15H18N4O2S. The van der Waals surface area contributed by atoms with E-state index < -0.39 is 0 Å². The first kappa shape index (κ1) is 16.1. The third-order valence-electron chi connectivity index (χ3n) is 3.08. The molecule has 0 saturated carbocycles. The zero-order valence-corrected chi connectivity index (χ0v) is 13.3. The van der Waals surface area contributed by atoms with Gasteiger partial charge >= 0.3 is 0 Å². The Kier molecular flexibility index (Phi) is 5.21. The summed E-state index contributed by atoms with van der Waals surface area (Å²) in [5.74, 6) is 0.127. The molecule has 0 saturated heterocycles. The number of rotatable bonds is 5. The lowest BCUT2D eigenvalue weighted by Gasteiger charge is -2.12. The van der Waals surface area contributed by atoms with Crippen molar-refractivity contribution in [2.24, 2.45) is 0 Å². The zero-order valence-electron chi connectivity index (χ0n) is 12.5. The van der Waals surface area contributed by atoms with Crippen molar-refractivity contribution in [1.82, 2.24) is 9.97 Å². The highest BCUT2D eigenvalue weighted by Crippen LogP contribution is 2.21. The lowest BCUT2D eigenvalue weighted by atomic mass is 10.1. The van der Waals surface area contributed by atoms with Crippen molar-refractivity contribution in [3.63, 3.8) is 0 Å². The number of hydrogen-bond donors (Lipinski definition) is 3. The first-order valence-corrected chi connectivity index (χ1v) is 7.86. The summed E-state index contributed by atoms with van der Waals surface area (Å²) in [6.07, 6.45) is 0.842. The number of aryl methyl sites for hydroxylation is 2. The van der Waals surface area contributed by atoms with Gasteiger partial charge in [0.05, 0.1) is 5.75 Å². The molecule has 0 spiro atoms. The monoisotopic (exact) mass is 318 g/mol. The van der Waals surface area contributed by atoms with E-state index in [2.05, 4.69) is 15.3 Å². The lowest BCUT2D eigenvalue weighted by Crippen LogP contribution is -2.17. The van der Waals surface area contributed by atoms with E-state index in [0.29, 0.717) is 5.16 Å². The van der Waals surface area contributed by atoms with E-state index in [4.69, 9.17) is 5.73 Å². The predicted molar refractivity (Wildman–Crippen MR) is 89.2 cm³/mol. The first-order chi connectivity index (χ1) is 10.5. The minimum Gasteiger partial charge on any atom is -0.383 e. The van der Waals surface area contributed by atoms with Crippen LogP contribution in [0.5, 0.6) is 0 Å². The average Bonchev–Trinajstić information content (AvgIpc) is 2.46. The molecule has 2 aromatic rings. The van der Waals surface area contributed by atoms with Crippen molar-refractivity contribution in [3.05, 3.63) is 45.7 Å². The molecule has 1 heterocycles. The predicted octanol–water partition coefficient (Wildman–Crippen LogP) is 1.95. The fourth-order valence-corrected chi connectivity index (χ4v) is 2.72. The van der Waals surface area contributed by atoms with Gasteiger partial charge in [0, 0.05) is 11.8 Å². The third-order valence-corrected chi connectivity index (χ3v) is 3.96. The van der Waals surface area contributed by atoms with Gasteiger partial charge in [0.2, 0.25) is 5.91 Å². The Morgan fingerprint density at radius 3 is 2.91 bits per heavy atom. The molecule has 0 fully saturated rings. The smallest absolute Gasteiger partial charge is 0.253 e. The molecule has 0 aliphatic heterocycles. The highest BCUT2D eigenvalue weighted by Gasteiger charge is 2.10. The summed E-state index contributed by atoms with van der Waals surface area (Å²) in [4.78, 5) is 29.9. The number of carbonyl (C=O) groups excluding carboxylic acids is 1. The van der Waals surface area contributed by atoms with Gasteiger partial charge in [-0.15, -0.1) is 0 Å². The fraction of sp³-hybridized carbons (Fsp3) is 0.267. The van der Waals surface area contributed by atoms with Crippen molar-refractivity contribution in [1.29, 1.82) is 0 Å². The Hall–Kier alpha value is -2.28. The zero-order chi connectivity index (χ0) is 16.1. The standard InChI is InChI=1S/C15H18N4O2S/c1-3-10-6-4-5-9(2)14(10)18-13(21)8-22-15-17-11(16)7-12(20)19-15/h4-7H,3,8H2,1-2H3,(H,18,21)(H3,16,17,19,20). The molecule has 0 unspecified atom stereocenters. The number of para-hydroxylation sites is 1. The highest BCUT2D eigenvalue weighted by atomic mass is 32.2. The maximum atomic E-state index is 12.1. The summed E-state index contributed by atoms with van der Waals surface area (Å²) in [6.45, 7) is 4.00. The van der Waals surface area contributed by atoms with Crippen LogP contribution in [0.2, 0.25) is 0 Å². The van der Waals surface area contributed by atoms with Crippen LogP contribution in [-0.4, -0.2) is 21.6 Å². The van der Waals surface area contributed by atoms with E-state index >= 15 is 0 Å². The Labute approximate surface area is 132 Å². The Morgan fingerprint density at radius 2 is 2.23 bits per heavy atom. The van der Waals surface area contributed by atoms with Crippen LogP contribution in [0.15, 0.2) is 34.2 Å². The number of benzene rings is 1. The minimum atomic E-state index is -0.331. The molecular weight excluding hydrogens is 300 g/mol. The number of amides is 1. The van der Waals surface area contributed by atoms with E-state index in [-0.39, 0.29) is 23.0 Å². The Balaban J connectivity index is 2.03. The van der Waals surface area contributed by atoms with Gasteiger partial charge < -0.3 is 16.0 Å². The molecule has 1 aromatic carbocycles. The second-order valence-electron chi connectivity index (χ2n) is 4.77. The molecule has 0 aliphatic rings. The molecule has 6 nitrogen and oxygen atoms in total. The Morgan fingerprint density at radius 1 is 1.45 bits per heavy atom. The maximum Gasteiger partial charge on any atom is 0.253 e. The van der Waals surface area contributed by atoms with Crippen LogP contribution in [-0.2, 0) is 11.2 Å². The van der Waals surface area contributed by atoms with Crippen molar-refractivity contribution in [3.8, 4) is 0 Å². The number of anilines is 2. The number of nitrogens with zero attached hydrogens (tertiary/aromatic N) is 1. The number of nitrogen functional groups attached to an aromatic ring is 1. The highest BCUT2D eigenvalue weighted by molar-refractivity contribution is 7.99. The topological polar surface area (TPSA) is 101 Å². The number of thioether (sulfide) groups is 1. The SMILES string of the molecule is CCc1cccc(C)c1NC(=O)CSc1nc(N)cc(=O)[nH]1. The van der Waals surface area contributed by atoms with Gasteiger partial charge in [0.1, 0.15) is 5.82 Å². The molecule has 22 heavy (non-hydrogen) atoms. The van der Waals surface area contributed by atoms with Crippen molar-refractivity contribution < 1.29 is 4.79 Å². The van der Waals surface area contributed by atoms with Gasteiger partial charge in [-0.1, -0.05) is 36.9 Å². The van der Waals surface area contributed by atoms with Gasteiger partial charge in [-0.3, -0.25) is 9.59 Å². The summed E-state index contributed by atoms with van der Waals surface area (Å²) < 4.78 is 0. The molecule has 2 rings (SSSR count). The van der Waals surface area contributed by atoms with Gasteiger partial charge in [-0.05, 0) is 24.5 Å². The maximum absolute atomic E-state index is 12.1. The van der Waals surface area contributed by atoms with Crippen LogP contribution in [0.25, 0.3) is 0 Å². The average molecular weight is 318 g/mol. The van der Waals surface area contributed by atoms with Gasteiger partial charge in [0.25, 0.3) is 5.56 Å². The van der Waals surface area contributed by atoms with E-state index in [1.165, 1.54) is 6.07 Å². The van der Waals surface area contributed by atoms with Crippen LogP contribution >= 0.6 is 11.8 Å². The molecule has 0 aliphatic carbocycles. The van der Waals surface area contributed by atoms with Gasteiger partial charge in [-0.25, -0.2) is 4.98 Å². The molecule has 7 heteroatoms. The number of nitrogens with two attached hydrogens (primary N) is 1. The Bertz CT molecular complexity index is 743. The molecule has 0 radical (unpaired) electrons. The molecule has 1 aromatic heterocycles. The van der Waals surface area contributed by atoms with E-state index in [1.807, 2.05) is 32.0 Å². The number of hydrogen-bond acceptors (Lipinski definition) is 5. The summed E-state index contributed by atoms with van der Waals surface area (Å²) in [6, 6.07) is 7.12. The van der Waals surface area contributed by atoms with Crippen LogP contribution in [0.3, 0.4) is 0 Å². The van der Waals surface area contributed by atoms with E-state index in [0.717, 1.165) is 35.0 Å². The lowest BCUT2D eigenvalue weighted by molar-refractivity contribution is -0.113. The van der Waals surface area contributed by atoms with Crippen molar-refractivity contribution >= 4 is 29.2 Å². The first-order valence-electron chi connectivity index (χ1n) is 6.87. The van der Waals surface area contributed by atoms with Crippen LogP contribution in [0.4, 0.5) is 11.5 Å². The molecule has 116 valence electrons. The molecule has 1 amide bonds. The van der Waals surface area contributed by atoms with Crippen molar-refractivity contribution in [2.75, 3.05) is 16.8 Å². The number of carbonyl (C=O) groups is 1. The third kappa shape index (κ3) is 4.11. The van der Waals surface area contributed by atoms with Crippen LogP contribution in [0, 0.1) is 6.92 Å². The number of nitrogens with one attached hydrogen (secondary N) is 2. The van der Waals surface area contributed by atoms with Gasteiger partial charge in [-0.2, -0.15) is 0 Å². The fourth-order valence-electron chi connectivity index (χ4n) is 2.03. The van der Waals surface area contributed by atoms with Crippen LogP contribution < -0.4 is 16.6 Å². The summed E-state index contributed by atoms with van der Waals surface area (Å²) in [5, 5.41) is 3.25. The van der Waals surface area contributed by atoms with Crippen LogP contribution in [0.1, 0.15) is 18.1 Å². The summed E-state index contributed by atoms with van der Waals surface area (Å²) in [5.41, 5.74) is 8.14. The van der Waals surface area contributed by atoms with Crippen molar-refractivity contribution in [2.45, 2.75) is 25.4 Å². The quantitative estimate of drug-likeness (QED) is 0.578. The molecule has 4 N–H and O–H groups in total. The number of H-pyrrole nitrogens is 1. The number of aromatic nitrogens is 2. The normalized spacial score (nSPS) is 10.5. The second kappa shape index (κ2) is 7.13. The molecule has 0 bridgehead atoms. The molecule has 0 atom stereocenters. The van der Waals surface area contributed by atoms with E-state index in [9.17, 15) is 9.59 Å². The largest absolute Gasteiger partial charge is 0.383 e. The van der Waals surface area contributed by atoms with E-state index in [1.54, 1.807) is 0 Å². The number of aromatic amines is 1. The summed E-state index contributed by atoms with van der Waals surface area (Å²) in [7, 11) is 0. The second-order valence-corrected chi connectivity index (χ2v) is 5.74. The summed E-state index contributed by atoms with van der Waals surface area (Å²) >= 11 is 1.14. The van der Waals surface area contributed by atoms with Gasteiger partial charge in [0.15, 0.2) is 5.16 Å².